The molecule has 3 rings (SSSR count). The molecule has 2 aromatic rings. The molecule has 1 aliphatic carbocycles. The lowest BCUT2D eigenvalue weighted by Crippen LogP contribution is -2.51. The molecule has 9 heteroatoms. The molecule has 0 heterocycles. The fourth-order valence-corrected chi connectivity index (χ4v) is 3.83. The number of Topliss-reactive ketones (excluding diaryl/α,β-unsaturated/α-hetero) is 1. The van der Waals surface area contributed by atoms with Gasteiger partial charge in [0.05, 0.1) is 6.04 Å². The summed E-state index contributed by atoms with van der Waals surface area (Å²) in [7, 11) is 0. The summed E-state index contributed by atoms with van der Waals surface area (Å²) in [5.74, 6) is -3.87. The highest BCUT2D eigenvalue weighted by molar-refractivity contribution is 6.35. The predicted molar refractivity (Wildman–Crippen MR) is 118 cm³/mol. The number of fused-ring (bicyclic) bond motifs is 3. The van der Waals surface area contributed by atoms with Crippen molar-refractivity contribution in [3.8, 4) is 11.1 Å². The third-order valence-corrected chi connectivity index (χ3v) is 5.49. The van der Waals surface area contributed by atoms with Crippen molar-refractivity contribution in [3.05, 3.63) is 59.7 Å². The number of ether oxygens (including phenoxy) is 1. The van der Waals surface area contributed by atoms with Gasteiger partial charge in [-0.25, -0.2) is 9.59 Å². The molecule has 0 bridgehead atoms. The zero-order valence-electron chi connectivity index (χ0n) is 17.9. The van der Waals surface area contributed by atoms with Gasteiger partial charge in [-0.3, -0.25) is 9.59 Å². The fourth-order valence-electron chi connectivity index (χ4n) is 3.83. The van der Waals surface area contributed by atoms with Gasteiger partial charge in [-0.15, -0.1) is 0 Å². The Balaban J connectivity index is 1.58. The minimum absolute atomic E-state index is 0.0632. The van der Waals surface area contributed by atoms with Gasteiger partial charge in [0.15, 0.2) is 0 Å². The van der Waals surface area contributed by atoms with E-state index < -0.39 is 35.8 Å². The molecule has 9 nitrogen and oxygen atoms in total. The molecule has 3 N–H and O–H groups in total. The first-order valence-electron chi connectivity index (χ1n) is 10.5. The van der Waals surface area contributed by atoms with E-state index in [1.165, 1.54) is 6.92 Å². The molecule has 2 amide bonds. The number of nitrogens with one attached hydrogen (secondary N) is 2. The molecular formula is C24H24N2O7. The first-order valence-corrected chi connectivity index (χ1v) is 10.5. The number of alkyl carbamates (subject to hydrolysis) is 1. The van der Waals surface area contributed by atoms with E-state index in [9.17, 15) is 24.0 Å². The topological polar surface area (TPSA) is 139 Å². The Labute approximate surface area is 190 Å². The summed E-state index contributed by atoms with van der Waals surface area (Å²) >= 11 is 0. The maximum absolute atomic E-state index is 12.4. The van der Waals surface area contributed by atoms with Crippen molar-refractivity contribution >= 4 is 30.0 Å². The first-order chi connectivity index (χ1) is 15.8. The lowest BCUT2D eigenvalue weighted by molar-refractivity contribution is -0.150. The highest BCUT2D eigenvalue weighted by Crippen LogP contribution is 2.44. The number of benzene rings is 2. The number of carboxylic acid groups (broad SMARTS) is 1. The van der Waals surface area contributed by atoms with Crippen LogP contribution in [0.2, 0.25) is 0 Å². The molecule has 2 atom stereocenters. The molecule has 0 aromatic heterocycles. The minimum Gasteiger partial charge on any atom is -0.475 e. The Morgan fingerprint density at radius 2 is 1.58 bits per heavy atom. The number of carbonyl (C=O) groups excluding carboxylic acids is 4. The van der Waals surface area contributed by atoms with Crippen LogP contribution in [0.5, 0.6) is 0 Å². The van der Waals surface area contributed by atoms with Gasteiger partial charge >= 0.3 is 12.1 Å². The number of hydrogen-bond donors (Lipinski definition) is 3. The SMILES string of the molecule is C[C@H](NC(=O)OCC1c2ccccc2-c2ccccc21)C(=O)N[C@@H](CCC=O)C(=O)C(=O)O. The van der Waals surface area contributed by atoms with Crippen molar-refractivity contribution < 1.29 is 33.8 Å². The van der Waals surface area contributed by atoms with Crippen LogP contribution in [0.15, 0.2) is 48.5 Å². The van der Waals surface area contributed by atoms with Crippen molar-refractivity contribution in [3.63, 3.8) is 0 Å². The highest BCUT2D eigenvalue weighted by atomic mass is 16.5. The van der Waals surface area contributed by atoms with Crippen molar-refractivity contribution in [1.82, 2.24) is 10.6 Å². The lowest BCUT2D eigenvalue weighted by Gasteiger charge is -2.19. The van der Waals surface area contributed by atoms with E-state index in [4.69, 9.17) is 9.84 Å². The summed E-state index contributed by atoms with van der Waals surface area (Å²) < 4.78 is 5.38. The zero-order chi connectivity index (χ0) is 24.0. The van der Waals surface area contributed by atoms with Crippen molar-refractivity contribution in [2.24, 2.45) is 0 Å². The Morgan fingerprint density at radius 1 is 1.00 bits per heavy atom. The average Bonchev–Trinajstić information content (AvgIpc) is 3.13. The van der Waals surface area contributed by atoms with E-state index in [1.807, 2.05) is 48.5 Å². The van der Waals surface area contributed by atoms with Crippen molar-refractivity contribution in [1.29, 1.82) is 0 Å². The number of hydrogen-bond acceptors (Lipinski definition) is 6. The van der Waals surface area contributed by atoms with Gasteiger partial charge < -0.3 is 25.3 Å². The van der Waals surface area contributed by atoms with Crippen LogP contribution >= 0.6 is 0 Å². The van der Waals surface area contributed by atoms with Crippen LogP contribution in [0.4, 0.5) is 4.79 Å². The third kappa shape index (κ3) is 5.43. The molecule has 2 aromatic carbocycles. The number of carbonyl (C=O) groups is 5. The second-order valence-electron chi connectivity index (χ2n) is 7.67. The number of rotatable bonds is 10. The molecule has 0 aliphatic heterocycles. The Kier molecular flexibility index (Phi) is 7.55. The lowest BCUT2D eigenvalue weighted by atomic mass is 9.98. The van der Waals surface area contributed by atoms with Crippen LogP contribution in [0.25, 0.3) is 11.1 Å². The van der Waals surface area contributed by atoms with Gasteiger partial charge in [0, 0.05) is 12.3 Å². The number of amides is 2. The molecule has 172 valence electrons. The third-order valence-electron chi connectivity index (χ3n) is 5.49. The van der Waals surface area contributed by atoms with Gasteiger partial charge in [-0.05, 0) is 35.6 Å². The quantitative estimate of drug-likeness (QED) is 0.370. The number of aldehydes is 1. The van der Waals surface area contributed by atoms with E-state index in [0.29, 0.717) is 6.29 Å². The summed E-state index contributed by atoms with van der Waals surface area (Å²) in [6, 6.07) is 13.3. The molecule has 0 radical (unpaired) electrons. The van der Waals surface area contributed by atoms with Crippen LogP contribution < -0.4 is 10.6 Å². The molecule has 0 spiro atoms. The number of carboxylic acids is 1. The van der Waals surface area contributed by atoms with E-state index >= 15 is 0 Å². The maximum atomic E-state index is 12.4. The Morgan fingerprint density at radius 3 is 2.12 bits per heavy atom. The van der Waals surface area contributed by atoms with Crippen molar-refractivity contribution in [2.75, 3.05) is 6.61 Å². The number of ketones is 1. The zero-order valence-corrected chi connectivity index (χ0v) is 17.9. The smallest absolute Gasteiger partial charge is 0.407 e. The molecule has 0 saturated heterocycles. The number of aliphatic carboxylic acids is 1. The van der Waals surface area contributed by atoms with E-state index in [0.717, 1.165) is 22.3 Å². The van der Waals surface area contributed by atoms with Gasteiger partial charge in [0.25, 0.3) is 5.78 Å². The van der Waals surface area contributed by atoms with E-state index in [1.54, 1.807) is 0 Å². The molecule has 0 fully saturated rings. The molecule has 1 aliphatic rings. The maximum Gasteiger partial charge on any atom is 0.407 e. The van der Waals surface area contributed by atoms with Crippen LogP contribution in [-0.4, -0.2) is 53.8 Å². The second-order valence-corrected chi connectivity index (χ2v) is 7.67. The Hall–Kier alpha value is -4.01. The summed E-state index contributed by atoms with van der Waals surface area (Å²) in [4.78, 5) is 57.9. The standard InChI is InChI=1S/C24H24N2O7/c1-14(22(29)26-20(11-6-12-27)21(28)23(30)31)25-24(32)33-13-19-17-9-4-2-7-15(17)16-8-3-5-10-18(16)19/h2-5,7-10,12,14,19-20H,6,11,13H2,1H3,(H,25,32)(H,26,29)(H,30,31)/t14-,20-/m0/s1. The van der Waals surface area contributed by atoms with Crippen LogP contribution in [-0.2, 0) is 23.9 Å². The van der Waals surface area contributed by atoms with Gasteiger partial charge in [0.1, 0.15) is 18.9 Å². The van der Waals surface area contributed by atoms with Crippen LogP contribution in [0.1, 0.15) is 36.8 Å². The van der Waals surface area contributed by atoms with Gasteiger partial charge in [-0.1, -0.05) is 48.5 Å². The largest absolute Gasteiger partial charge is 0.475 e. The molecular weight excluding hydrogens is 428 g/mol. The monoisotopic (exact) mass is 452 g/mol. The van der Waals surface area contributed by atoms with Crippen LogP contribution in [0, 0.1) is 0 Å². The summed E-state index contributed by atoms with van der Waals surface area (Å²) in [5, 5.41) is 13.5. The van der Waals surface area contributed by atoms with E-state index in [2.05, 4.69) is 10.6 Å². The van der Waals surface area contributed by atoms with E-state index in [-0.39, 0.29) is 25.4 Å². The minimum atomic E-state index is -1.72. The first kappa shape index (κ1) is 23.6. The van der Waals surface area contributed by atoms with Crippen LogP contribution in [0.3, 0.4) is 0 Å². The highest BCUT2D eigenvalue weighted by Gasteiger charge is 2.30. The van der Waals surface area contributed by atoms with Crippen molar-refractivity contribution in [2.45, 2.75) is 37.8 Å². The second kappa shape index (κ2) is 10.5. The predicted octanol–water partition coefficient (Wildman–Crippen LogP) is 2.03. The van der Waals surface area contributed by atoms with Gasteiger partial charge in [0.2, 0.25) is 5.91 Å². The Bertz CT molecular complexity index is 1040. The fraction of sp³-hybridized carbons (Fsp3) is 0.292. The summed E-state index contributed by atoms with van der Waals surface area (Å²) in [6.07, 6.45) is -0.559. The summed E-state index contributed by atoms with van der Waals surface area (Å²) in [6.45, 7) is 1.44. The summed E-state index contributed by atoms with van der Waals surface area (Å²) in [5.41, 5.74) is 4.25. The molecule has 0 unspecified atom stereocenters. The normalized spacial score (nSPS) is 13.7. The average molecular weight is 452 g/mol. The van der Waals surface area contributed by atoms with Gasteiger partial charge in [-0.2, -0.15) is 0 Å². The molecule has 33 heavy (non-hydrogen) atoms. The molecule has 0 saturated carbocycles.